The number of pyridine rings is 1. The van der Waals surface area contributed by atoms with Crippen molar-refractivity contribution in [2.45, 2.75) is 31.6 Å². The van der Waals surface area contributed by atoms with E-state index in [0.29, 0.717) is 11.5 Å². The molecule has 0 aromatic carbocycles. The van der Waals surface area contributed by atoms with Gasteiger partial charge in [-0.3, -0.25) is 0 Å². The second kappa shape index (κ2) is 4.44. The van der Waals surface area contributed by atoms with Crippen LogP contribution >= 0.6 is 0 Å². The summed E-state index contributed by atoms with van der Waals surface area (Å²) in [5.74, 6) is 1.30. The molecule has 18 heavy (non-hydrogen) atoms. The van der Waals surface area contributed by atoms with Gasteiger partial charge in [-0.05, 0) is 25.0 Å². The van der Waals surface area contributed by atoms with Crippen LogP contribution < -0.4 is 0 Å². The number of hydrogen-bond donors (Lipinski definition) is 0. The standard InChI is InChI=1S/C14H16N2O2/c1-18-14(17)11-7-4-8-16-12(11)9-15-13(16)10-5-2-3-6-10/h4,7-10H,2-3,5-6H2,1H3. The van der Waals surface area contributed by atoms with Crippen LogP contribution in [-0.2, 0) is 4.74 Å². The van der Waals surface area contributed by atoms with E-state index in [-0.39, 0.29) is 5.97 Å². The average Bonchev–Trinajstić information content (AvgIpc) is 3.05. The van der Waals surface area contributed by atoms with Crippen molar-refractivity contribution >= 4 is 11.5 Å². The van der Waals surface area contributed by atoms with Gasteiger partial charge in [0.15, 0.2) is 0 Å². The molecule has 3 rings (SSSR count). The van der Waals surface area contributed by atoms with Gasteiger partial charge in [0.2, 0.25) is 0 Å². The molecule has 0 radical (unpaired) electrons. The highest BCUT2D eigenvalue weighted by atomic mass is 16.5. The van der Waals surface area contributed by atoms with E-state index in [9.17, 15) is 4.79 Å². The quantitative estimate of drug-likeness (QED) is 0.763. The van der Waals surface area contributed by atoms with Gasteiger partial charge in [0.05, 0.1) is 24.4 Å². The summed E-state index contributed by atoms with van der Waals surface area (Å²) in [5, 5.41) is 0. The van der Waals surface area contributed by atoms with Crippen molar-refractivity contribution in [2.75, 3.05) is 7.11 Å². The van der Waals surface area contributed by atoms with E-state index in [1.807, 2.05) is 16.7 Å². The highest BCUT2D eigenvalue weighted by Gasteiger charge is 2.22. The molecule has 1 aliphatic rings. The van der Waals surface area contributed by atoms with Gasteiger partial charge in [-0.15, -0.1) is 0 Å². The molecule has 1 saturated carbocycles. The molecule has 2 aromatic rings. The lowest BCUT2D eigenvalue weighted by atomic mass is 10.1. The fourth-order valence-electron chi connectivity index (χ4n) is 2.81. The number of rotatable bonds is 2. The summed E-state index contributed by atoms with van der Waals surface area (Å²) >= 11 is 0. The Bertz CT molecular complexity index is 582. The summed E-state index contributed by atoms with van der Waals surface area (Å²) in [6.45, 7) is 0. The van der Waals surface area contributed by atoms with E-state index >= 15 is 0 Å². The third kappa shape index (κ3) is 1.68. The van der Waals surface area contributed by atoms with Gasteiger partial charge < -0.3 is 9.14 Å². The first-order valence-electron chi connectivity index (χ1n) is 6.35. The normalized spacial score (nSPS) is 16.3. The minimum Gasteiger partial charge on any atom is -0.465 e. The molecule has 94 valence electrons. The summed E-state index contributed by atoms with van der Waals surface area (Å²) in [6, 6.07) is 3.65. The molecule has 0 unspecified atom stereocenters. The van der Waals surface area contributed by atoms with Crippen LogP contribution in [0.25, 0.3) is 5.52 Å². The lowest BCUT2D eigenvalue weighted by Crippen LogP contribution is -2.05. The second-order valence-electron chi connectivity index (χ2n) is 4.77. The van der Waals surface area contributed by atoms with Gasteiger partial charge in [0.25, 0.3) is 0 Å². The number of aromatic nitrogens is 2. The van der Waals surface area contributed by atoms with Crippen molar-refractivity contribution in [1.82, 2.24) is 9.38 Å². The SMILES string of the molecule is COC(=O)c1cccn2c(C3CCCC3)ncc12. The van der Waals surface area contributed by atoms with E-state index in [4.69, 9.17) is 4.74 Å². The Morgan fingerprint density at radius 1 is 1.44 bits per heavy atom. The zero-order valence-electron chi connectivity index (χ0n) is 10.4. The van der Waals surface area contributed by atoms with E-state index in [0.717, 1.165) is 11.3 Å². The van der Waals surface area contributed by atoms with Crippen LogP contribution in [0.4, 0.5) is 0 Å². The molecule has 0 saturated heterocycles. The predicted molar refractivity (Wildman–Crippen MR) is 67.7 cm³/mol. The largest absolute Gasteiger partial charge is 0.465 e. The third-order valence-corrected chi connectivity index (χ3v) is 3.73. The molecule has 0 amide bonds. The summed E-state index contributed by atoms with van der Waals surface area (Å²) in [7, 11) is 1.40. The molecule has 0 N–H and O–H groups in total. The monoisotopic (exact) mass is 244 g/mol. The van der Waals surface area contributed by atoms with Crippen LogP contribution in [0.1, 0.15) is 47.8 Å². The molecular weight excluding hydrogens is 228 g/mol. The third-order valence-electron chi connectivity index (χ3n) is 3.73. The van der Waals surface area contributed by atoms with E-state index in [2.05, 4.69) is 4.98 Å². The van der Waals surface area contributed by atoms with E-state index in [1.54, 1.807) is 12.3 Å². The van der Waals surface area contributed by atoms with Crippen LogP contribution in [0.5, 0.6) is 0 Å². The zero-order chi connectivity index (χ0) is 12.5. The van der Waals surface area contributed by atoms with Crippen molar-refractivity contribution in [3.8, 4) is 0 Å². The molecule has 1 fully saturated rings. The number of carbonyl (C=O) groups is 1. The first kappa shape index (κ1) is 11.3. The number of esters is 1. The van der Waals surface area contributed by atoms with Gasteiger partial charge in [0, 0.05) is 12.1 Å². The lowest BCUT2D eigenvalue weighted by Gasteiger charge is -2.08. The number of methoxy groups -OCH3 is 1. The number of imidazole rings is 1. The van der Waals surface area contributed by atoms with Gasteiger partial charge >= 0.3 is 5.97 Å². The summed E-state index contributed by atoms with van der Waals surface area (Å²) in [6.07, 6.45) is 8.69. The summed E-state index contributed by atoms with van der Waals surface area (Å²) < 4.78 is 6.83. The van der Waals surface area contributed by atoms with Gasteiger partial charge in [0.1, 0.15) is 5.82 Å². The van der Waals surface area contributed by atoms with Crippen molar-refractivity contribution in [1.29, 1.82) is 0 Å². The fourth-order valence-corrected chi connectivity index (χ4v) is 2.81. The number of nitrogens with zero attached hydrogens (tertiary/aromatic N) is 2. The first-order valence-corrected chi connectivity index (χ1v) is 6.35. The maximum absolute atomic E-state index is 11.7. The van der Waals surface area contributed by atoms with Crippen molar-refractivity contribution < 1.29 is 9.53 Å². The molecule has 4 heteroatoms. The fraction of sp³-hybridized carbons (Fsp3) is 0.429. The van der Waals surface area contributed by atoms with Crippen molar-refractivity contribution in [3.05, 3.63) is 35.9 Å². The molecule has 2 heterocycles. The van der Waals surface area contributed by atoms with Crippen molar-refractivity contribution in [2.24, 2.45) is 0 Å². The Balaban J connectivity index is 2.11. The van der Waals surface area contributed by atoms with Crippen molar-refractivity contribution in [3.63, 3.8) is 0 Å². The van der Waals surface area contributed by atoms with Crippen LogP contribution in [-0.4, -0.2) is 22.5 Å². The summed E-state index contributed by atoms with van der Waals surface area (Å²) in [5.41, 5.74) is 1.42. The zero-order valence-corrected chi connectivity index (χ0v) is 10.4. The van der Waals surface area contributed by atoms with E-state index < -0.39 is 0 Å². The molecule has 0 aliphatic heterocycles. The van der Waals surface area contributed by atoms with Crippen LogP contribution in [0.15, 0.2) is 24.5 Å². The number of hydrogen-bond acceptors (Lipinski definition) is 3. The smallest absolute Gasteiger partial charge is 0.340 e. The van der Waals surface area contributed by atoms with Crippen LogP contribution in [0, 0.1) is 0 Å². The lowest BCUT2D eigenvalue weighted by molar-refractivity contribution is 0.0602. The number of ether oxygens (including phenoxy) is 1. The molecule has 0 bridgehead atoms. The highest BCUT2D eigenvalue weighted by molar-refractivity contribution is 5.96. The Morgan fingerprint density at radius 2 is 2.22 bits per heavy atom. The molecule has 2 aromatic heterocycles. The van der Waals surface area contributed by atoms with Gasteiger partial charge in [-0.25, -0.2) is 9.78 Å². The average molecular weight is 244 g/mol. The maximum atomic E-state index is 11.7. The second-order valence-corrected chi connectivity index (χ2v) is 4.77. The van der Waals surface area contributed by atoms with Gasteiger partial charge in [-0.2, -0.15) is 0 Å². The topological polar surface area (TPSA) is 43.6 Å². The molecule has 1 aliphatic carbocycles. The first-order chi connectivity index (χ1) is 8.81. The minimum absolute atomic E-state index is 0.307. The highest BCUT2D eigenvalue weighted by Crippen LogP contribution is 2.33. The predicted octanol–water partition coefficient (Wildman–Crippen LogP) is 2.78. The number of carbonyl (C=O) groups excluding carboxylic acids is 1. The van der Waals surface area contributed by atoms with Gasteiger partial charge in [-0.1, -0.05) is 12.8 Å². The van der Waals surface area contributed by atoms with Crippen LogP contribution in [0.2, 0.25) is 0 Å². The Labute approximate surface area is 106 Å². The maximum Gasteiger partial charge on any atom is 0.340 e. The molecule has 4 nitrogen and oxygen atoms in total. The number of fused-ring (bicyclic) bond motifs is 1. The minimum atomic E-state index is -0.307. The summed E-state index contributed by atoms with van der Waals surface area (Å²) in [4.78, 5) is 16.2. The Morgan fingerprint density at radius 3 is 2.94 bits per heavy atom. The molecule has 0 spiro atoms. The Kier molecular flexibility index (Phi) is 2.78. The van der Waals surface area contributed by atoms with E-state index in [1.165, 1.54) is 32.8 Å². The molecular formula is C14H16N2O2. The Hall–Kier alpha value is -1.84. The molecule has 0 atom stereocenters. The van der Waals surface area contributed by atoms with Crippen LogP contribution in [0.3, 0.4) is 0 Å².